The van der Waals surface area contributed by atoms with E-state index in [4.69, 9.17) is 13.9 Å². The molecule has 1 unspecified atom stereocenters. The highest BCUT2D eigenvalue weighted by molar-refractivity contribution is 7.89. The predicted octanol–water partition coefficient (Wildman–Crippen LogP) is 1.87. The Morgan fingerprint density at radius 3 is 2.60 bits per heavy atom. The Morgan fingerprint density at radius 1 is 1.28 bits per heavy atom. The molecule has 1 aliphatic rings. The van der Waals surface area contributed by atoms with E-state index in [0.717, 1.165) is 12.8 Å². The van der Waals surface area contributed by atoms with Crippen molar-refractivity contribution in [3.63, 3.8) is 0 Å². The SMILES string of the molecule is COc1ccc(OC)c(S(=O)(=O)NCC(O)(c2ccco2)C2CC2)c1. The second kappa shape index (κ2) is 6.70. The number of aliphatic hydroxyl groups is 1. The molecule has 1 saturated carbocycles. The second-order valence-corrected chi connectivity index (χ2v) is 7.75. The first-order chi connectivity index (χ1) is 11.9. The zero-order chi connectivity index (χ0) is 18.1. The molecule has 1 heterocycles. The molecule has 1 aliphatic carbocycles. The van der Waals surface area contributed by atoms with Crippen molar-refractivity contribution in [1.82, 2.24) is 4.72 Å². The van der Waals surface area contributed by atoms with Gasteiger partial charge in [0, 0.05) is 12.6 Å². The van der Waals surface area contributed by atoms with Gasteiger partial charge in [0.25, 0.3) is 0 Å². The summed E-state index contributed by atoms with van der Waals surface area (Å²) >= 11 is 0. The van der Waals surface area contributed by atoms with Gasteiger partial charge in [-0.3, -0.25) is 0 Å². The highest BCUT2D eigenvalue weighted by Gasteiger charge is 2.47. The number of rotatable bonds is 8. The van der Waals surface area contributed by atoms with Crippen molar-refractivity contribution in [2.45, 2.75) is 23.3 Å². The van der Waals surface area contributed by atoms with Crippen molar-refractivity contribution >= 4 is 10.0 Å². The van der Waals surface area contributed by atoms with E-state index in [1.165, 1.54) is 32.6 Å². The maximum Gasteiger partial charge on any atom is 0.244 e. The van der Waals surface area contributed by atoms with E-state index < -0.39 is 15.6 Å². The fourth-order valence-electron chi connectivity index (χ4n) is 2.80. The highest BCUT2D eigenvalue weighted by Crippen LogP contribution is 2.45. The predicted molar refractivity (Wildman–Crippen MR) is 90.1 cm³/mol. The molecular formula is C17H21NO6S. The summed E-state index contributed by atoms with van der Waals surface area (Å²) in [6.07, 6.45) is 3.10. The van der Waals surface area contributed by atoms with Gasteiger partial charge in [0.1, 0.15) is 27.8 Å². The van der Waals surface area contributed by atoms with Gasteiger partial charge in [0.2, 0.25) is 10.0 Å². The molecule has 0 saturated heterocycles. The lowest BCUT2D eigenvalue weighted by Gasteiger charge is -2.26. The molecule has 0 amide bonds. The van der Waals surface area contributed by atoms with Crippen LogP contribution in [0.2, 0.25) is 0 Å². The molecule has 7 nitrogen and oxygen atoms in total. The third-order valence-corrected chi connectivity index (χ3v) is 5.82. The van der Waals surface area contributed by atoms with E-state index in [9.17, 15) is 13.5 Å². The number of benzene rings is 1. The van der Waals surface area contributed by atoms with Crippen LogP contribution in [0.5, 0.6) is 11.5 Å². The van der Waals surface area contributed by atoms with E-state index in [1.54, 1.807) is 18.2 Å². The minimum atomic E-state index is -3.92. The Labute approximate surface area is 146 Å². The van der Waals surface area contributed by atoms with Crippen LogP contribution in [0.3, 0.4) is 0 Å². The van der Waals surface area contributed by atoms with Crippen LogP contribution in [0.25, 0.3) is 0 Å². The third-order valence-electron chi connectivity index (χ3n) is 4.39. The van der Waals surface area contributed by atoms with Crippen molar-refractivity contribution in [2.24, 2.45) is 5.92 Å². The van der Waals surface area contributed by atoms with E-state index >= 15 is 0 Å². The van der Waals surface area contributed by atoms with Crippen molar-refractivity contribution < 1.29 is 27.4 Å². The molecular weight excluding hydrogens is 346 g/mol. The lowest BCUT2D eigenvalue weighted by molar-refractivity contribution is -0.00225. The van der Waals surface area contributed by atoms with Crippen molar-refractivity contribution in [3.05, 3.63) is 42.4 Å². The van der Waals surface area contributed by atoms with Crippen LogP contribution in [0.4, 0.5) is 0 Å². The van der Waals surface area contributed by atoms with Crippen molar-refractivity contribution in [3.8, 4) is 11.5 Å². The van der Waals surface area contributed by atoms with Crippen LogP contribution in [0, 0.1) is 5.92 Å². The maximum absolute atomic E-state index is 12.8. The number of nitrogens with one attached hydrogen (secondary N) is 1. The molecule has 1 aromatic heterocycles. The summed E-state index contributed by atoms with van der Waals surface area (Å²) in [5.74, 6) is 0.912. The van der Waals surface area contributed by atoms with E-state index in [1.807, 2.05) is 0 Å². The Kier molecular flexibility index (Phi) is 4.77. The zero-order valence-corrected chi connectivity index (χ0v) is 14.9. The molecule has 1 fully saturated rings. The molecule has 2 N–H and O–H groups in total. The largest absolute Gasteiger partial charge is 0.497 e. The van der Waals surface area contributed by atoms with E-state index in [0.29, 0.717) is 11.5 Å². The monoisotopic (exact) mass is 367 g/mol. The van der Waals surface area contributed by atoms with E-state index in [2.05, 4.69) is 4.72 Å². The quantitative estimate of drug-likeness (QED) is 0.739. The fraction of sp³-hybridized carbons (Fsp3) is 0.412. The maximum atomic E-state index is 12.8. The van der Waals surface area contributed by atoms with Gasteiger partial charge >= 0.3 is 0 Å². The number of hydrogen-bond donors (Lipinski definition) is 2. The van der Waals surface area contributed by atoms with Gasteiger partial charge in [0.15, 0.2) is 0 Å². The fourth-order valence-corrected chi connectivity index (χ4v) is 4.05. The Hall–Kier alpha value is -2.03. The summed E-state index contributed by atoms with van der Waals surface area (Å²) < 4.78 is 43.5. The number of hydrogen-bond acceptors (Lipinski definition) is 6. The number of ether oxygens (including phenoxy) is 2. The molecule has 2 aromatic rings. The van der Waals surface area contributed by atoms with Crippen LogP contribution in [0.1, 0.15) is 18.6 Å². The van der Waals surface area contributed by atoms with Gasteiger partial charge in [-0.15, -0.1) is 0 Å². The first kappa shape index (κ1) is 17.8. The van der Waals surface area contributed by atoms with Crippen LogP contribution in [-0.4, -0.2) is 34.3 Å². The molecule has 1 aromatic carbocycles. The molecule has 0 bridgehead atoms. The molecule has 0 radical (unpaired) electrons. The summed E-state index contributed by atoms with van der Waals surface area (Å²) in [6, 6.07) is 7.83. The number of furan rings is 1. The van der Waals surface area contributed by atoms with Crippen LogP contribution < -0.4 is 14.2 Å². The Morgan fingerprint density at radius 2 is 2.04 bits per heavy atom. The van der Waals surface area contributed by atoms with Gasteiger partial charge in [0.05, 0.1) is 20.5 Å². The Balaban J connectivity index is 1.87. The lowest BCUT2D eigenvalue weighted by atomic mass is 9.95. The normalized spacial score (nSPS) is 17.1. The molecule has 0 aliphatic heterocycles. The minimum absolute atomic E-state index is 0.0337. The van der Waals surface area contributed by atoms with E-state index in [-0.39, 0.29) is 23.1 Å². The second-order valence-electron chi connectivity index (χ2n) is 6.02. The summed E-state index contributed by atoms with van der Waals surface area (Å²) in [5, 5.41) is 11.0. The first-order valence-corrected chi connectivity index (χ1v) is 9.37. The van der Waals surface area contributed by atoms with Crippen molar-refractivity contribution in [2.75, 3.05) is 20.8 Å². The average Bonchev–Trinajstić information content (AvgIpc) is 3.34. The molecule has 136 valence electrons. The summed E-state index contributed by atoms with van der Waals surface area (Å²) in [7, 11) is -1.08. The summed E-state index contributed by atoms with van der Waals surface area (Å²) in [6.45, 7) is -0.187. The number of sulfonamides is 1. The van der Waals surface area contributed by atoms with Gasteiger partial charge in [-0.25, -0.2) is 13.1 Å². The molecule has 3 rings (SSSR count). The lowest BCUT2D eigenvalue weighted by Crippen LogP contribution is -2.42. The average molecular weight is 367 g/mol. The topological polar surface area (TPSA) is 98.0 Å². The standard InChI is InChI=1S/C17H21NO6S/c1-22-13-7-8-14(23-2)15(10-13)25(20,21)18-11-17(19,12-5-6-12)16-4-3-9-24-16/h3-4,7-10,12,18-19H,5-6,11H2,1-2H3. The number of methoxy groups -OCH3 is 2. The summed E-state index contributed by atoms with van der Waals surface area (Å²) in [5.41, 5.74) is -1.37. The van der Waals surface area contributed by atoms with Crippen molar-refractivity contribution in [1.29, 1.82) is 0 Å². The van der Waals surface area contributed by atoms with Gasteiger partial charge < -0.3 is 19.0 Å². The van der Waals surface area contributed by atoms with Crippen LogP contribution in [0.15, 0.2) is 45.9 Å². The molecule has 1 atom stereocenters. The van der Waals surface area contributed by atoms with Gasteiger partial charge in [-0.2, -0.15) is 0 Å². The third kappa shape index (κ3) is 3.51. The zero-order valence-electron chi connectivity index (χ0n) is 14.1. The van der Waals surface area contributed by atoms with Crippen LogP contribution >= 0.6 is 0 Å². The summed E-state index contributed by atoms with van der Waals surface area (Å²) in [4.78, 5) is -0.0491. The van der Waals surface area contributed by atoms with Crippen LogP contribution in [-0.2, 0) is 15.6 Å². The first-order valence-electron chi connectivity index (χ1n) is 7.89. The molecule has 25 heavy (non-hydrogen) atoms. The minimum Gasteiger partial charge on any atom is -0.497 e. The van der Waals surface area contributed by atoms with Gasteiger partial charge in [-0.05, 0) is 43.0 Å². The Bertz CT molecular complexity index is 829. The molecule has 0 spiro atoms. The van der Waals surface area contributed by atoms with Gasteiger partial charge in [-0.1, -0.05) is 0 Å². The highest BCUT2D eigenvalue weighted by atomic mass is 32.2. The smallest absolute Gasteiger partial charge is 0.244 e. The molecule has 8 heteroatoms.